The van der Waals surface area contributed by atoms with Crippen LogP contribution in [0.4, 0.5) is 4.39 Å². The first-order chi connectivity index (χ1) is 13.7. The van der Waals surface area contributed by atoms with E-state index in [1.165, 1.54) is 25.0 Å². The highest BCUT2D eigenvalue weighted by molar-refractivity contribution is 6.62. The van der Waals surface area contributed by atoms with Gasteiger partial charge >= 0.3 is 7.12 Å². The predicted octanol–water partition coefficient (Wildman–Crippen LogP) is 4.51. The van der Waals surface area contributed by atoms with Crippen LogP contribution < -0.4 is 10.2 Å². The van der Waals surface area contributed by atoms with Gasteiger partial charge in [-0.15, -0.1) is 0 Å². The van der Waals surface area contributed by atoms with E-state index in [0.717, 1.165) is 36.4 Å². The Hall–Kier alpha value is -1.89. The lowest BCUT2D eigenvalue weighted by Crippen LogP contribution is -2.41. The first-order valence-corrected chi connectivity index (χ1v) is 10.4. The standard InChI is InChI=1S/C23H29BFNO3/c1-22(2)23(3,4)29-24(28-22)21-12-11-20(27-19-9-7-18(25)8-10-19)15-17(21)16-26-13-5-6-14-26/h7-12,15H,5-6,13-14,16H2,1-4H3. The fourth-order valence-electron chi connectivity index (χ4n) is 3.80. The van der Waals surface area contributed by atoms with Crippen LogP contribution in [0.25, 0.3) is 0 Å². The normalized spacial score (nSPS) is 20.9. The third-order valence-electron chi connectivity index (χ3n) is 6.26. The van der Waals surface area contributed by atoms with Gasteiger partial charge in [-0.2, -0.15) is 0 Å². The summed E-state index contributed by atoms with van der Waals surface area (Å²) in [6.07, 6.45) is 2.47. The van der Waals surface area contributed by atoms with Crippen LogP contribution in [0.5, 0.6) is 11.5 Å². The van der Waals surface area contributed by atoms with Gasteiger partial charge in [0.25, 0.3) is 0 Å². The van der Waals surface area contributed by atoms with E-state index >= 15 is 0 Å². The summed E-state index contributed by atoms with van der Waals surface area (Å²) in [7, 11) is -0.405. The van der Waals surface area contributed by atoms with Crippen LogP contribution in [0.2, 0.25) is 0 Å². The molecule has 29 heavy (non-hydrogen) atoms. The van der Waals surface area contributed by atoms with Gasteiger partial charge in [-0.1, -0.05) is 6.07 Å². The van der Waals surface area contributed by atoms with E-state index < -0.39 is 7.12 Å². The second kappa shape index (κ2) is 7.75. The molecule has 2 heterocycles. The van der Waals surface area contributed by atoms with Crippen molar-refractivity contribution in [3.63, 3.8) is 0 Å². The molecule has 4 rings (SSSR count). The Labute approximate surface area is 173 Å². The number of hydrogen-bond donors (Lipinski definition) is 0. The average Bonchev–Trinajstić information content (AvgIpc) is 3.23. The third kappa shape index (κ3) is 4.35. The molecule has 4 nitrogen and oxygen atoms in total. The molecule has 0 amide bonds. The number of nitrogens with zero attached hydrogens (tertiary/aromatic N) is 1. The molecule has 0 bridgehead atoms. The summed E-state index contributed by atoms with van der Waals surface area (Å²) in [5.74, 6) is 1.07. The Kier molecular flexibility index (Phi) is 5.45. The summed E-state index contributed by atoms with van der Waals surface area (Å²) in [6, 6.07) is 12.1. The molecule has 2 aliphatic rings. The molecule has 0 aliphatic carbocycles. The lowest BCUT2D eigenvalue weighted by Gasteiger charge is -2.32. The first-order valence-electron chi connectivity index (χ1n) is 10.4. The third-order valence-corrected chi connectivity index (χ3v) is 6.26. The van der Waals surface area contributed by atoms with Gasteiger partial charge in [-0.25, -0.2) is 4.39 Å². The number of likely N-dealkylation sites (tertiary alicyclic amines) is 1. The molecule has 2 aromatic carbocycles. The van der Waals surface area contributed by atoms with Crippen molar-refractivity contribution < 1.29 is 18.4 Å². The largest absolute Gasteiger partial charge is 0.495 e. The van der Waals surface area contributed by atoms with Crippen LogP contribution in [-0.2, 0) is 15.9 Å². The Bertz CT molecular complexity index is 847. The van der Waals surface area contributed by atoms with Gasteiger partial charge in [0, 0.05) is 6.54 Å². The highest BCUT2D eigenvalue weighted by Crippen LogP contribution is 2.37. The number of halogens is 1. The number of hydrogen-bond acceptors (Lipinski definition) is 4. The van der Waals surface area contributed by atoms with Crippen molar-refractivity contribution in [2.24, 2.45) is 0 Å². The molecule has 0 aromatic heterocycles. The summed E-state index contributed by atoms with van der Waals surface area (Å²) in [4.78, 5) is 2.45. The summed E-state index contributed by atoms with van der Waals surface area (Å²) in [6.45, 7) is 11.3. The van der Waals surface area contributed by atoms with E-state index in [9.17, 15) is 4.39 Å². The molecule has 0 radical (unpaired) electrons. The van der Waals surface area contributed by atoms with Gasteiger partial charge in [0.2, 0.25) is 0 Å². The van der Waals surface area contributed by atoms with Crippen molar-refractivity contribution in [1.82, 2.24) is 4.90 Å². The maximum absolute atomic E-state index is 13.2. The summed E-state index contributed by atoms with van der Waals surface area (Å²) in [5, 5.41) is 0. The molecule has 0 saturated carbocycles. The van der Waals surface area contributed by atoms with E-state index in [1.807, 2.05) is 12.1 Å². The fourth-order valence-corrected chi connectivity index (χ4v) is 3.80. The zero-order valence-electron chi connectivity index (χ0n) is 17.7. The molecule has 6 heteroatoms. The molecule has 2 aliphatic heterocycles. The van der Waals surface area contributed by atoms with Crippen LogP contribution in [0.3, 0.4) is 0 Å². The minimum atomic E-state index is -0.405. The Morgan fingerprint density at radius 1 is 0.931 bits per heavy atom. The van der Waals surface area contributed by atoms with E-state index in [4.69, 9.17) is 14.0 Å². The minimum Gasteiger partial charge on any atom is -0.457 e. The van der Waals surface area contributed by atoms with Gasteiger partial charge in [0.1, 0.15) is 17.3 Å². The number of ether oxygens (including phenoxy) is 1. The molecule has 154 valence electrons. The lowest BCUT2D eigenvalue weighted by atomic mass is 9.75. The topological polar surface area (TPSA) is 30.9 Å². The van der Waals surface area contributed by atoms with Gasteiger partial charge in [0.15, 0.2) is 0 Å². The Morgan fingerprint density at radius 2 is 1.52 bits per heavy atom. The van der Waals surface area contributed by atoms with Crippen LogP contribution in [0, 0.1) is 5.82 Å². The molecule has 0 unspecified atom stereocenters. The van der Waals surface area contributed by atoms with Crippen molar-refractivity contribution in [2.75, 3.05) is 13.1 Å². The highest BCUT2D eigenvalue weighted by Gasteiger charge is 2.52. The van der Waals surface area contributed by atoms with Crippen molar-refractivity contribution in [1.29, 1.82) is 0 Å². The van der Waals surface area contributed by atoms with E-state index in [2.05, 4.69) is 38.7 Å². The second-order valence-corrected chi connectivity index (χ2v) is 8.99. The van der Waals surface area contributed by atoms with Crippen LogP contribution in [-0.4, -0.2) is 36.3 Å². The SMILES string of the molecule is CC1(C)OB(c2ccc(Oc3ccc(F)cc3)cc2CN2CCCC2)OC1(C)C. The predicted molar refractivity (Wildman–Crippen MR) is 113 cm³/mol. The molecule has 2 aromatic rings. The lowest BCUT2D eigenvalue weighted by molar-refractivity contribution is 0.00578. The zero-order chi connectivity index (χ0) is 20.6. The second-order valence-electron chi connectivity index (χ2n) is 8.99. The van der Waals surface area contributed by atoms with Crippen LogP contribution in [0.1, 0.15) is 46.1 Å². The Balaban J connectivity index is 1.62. The monoisotopic (exact) mass is 397 g/mol. The number of benzene rings is 2. The van der Waals surface area contributed by atoms with Crippen LogP contribution in [0.15, 0.2) is 42.5 Å². The maximum atomic E-state index is 13.2. The Morgan fingerprint density at radius 3 is 2.14 bits per heavy atom. The molecular formula is C23H29BFNO3. The maximum Gasteiger partial charge on any atom is 0.495 e. The van der Waals surface area contributed by atoms with Crippen molar-refractivity contribution in [2.45, 2.75) is 58.3 Å². The molecular weight excluding hydrogens is 368 g/mol. The molecule has 0 atom stereocenters. The molecule has 2 fully saturated rings. The summed E-state index contributed by atoms with van der Waals surface area (Å²) >= 11 is 0. The highest BCUT2D eigenvalue weighted by atomic mass is 19.1. The quantitative estimate of drug-likeness (QED) is 0.695. The van der Waals surface area contributed by atoms with Gasteiger partial charge in [0.05, 0.1) is 11.2 Å². The minimum absolute atomic E-state index is 0.275. The van der Waals surface area contributed by atoms with E-state index in [0.29, 0.717) is 5.75 Å². The van der Waals surface area contributed by atoms with Gasteiger partial charge in [-0.3, -0.25) is 4.90 Å². The van der Waals surface area contributed by atoms with Crippen molar-refractivity contribution >= 4 is 12.6 Å². The average molecular weight is 397 g/mol. The summed E-state index contributed by atoms with van der Waals surface area (Å²) in [5.41, 5.74) is 1.42. The smallest absolute Gasteiger partial charge is 0.457 e. The summed E-state index contributed by atoms with van der Waals surface area (Å²) < 4.78 is 31.8. The van der Waals surface area contributed by atoms with E-state index in [-0.39, 0.29) is 17.0 Å². The van der Waals surface area contributed by atoms with Crippen molar-refractivity contribution in [3.05, 3.63) is 53.8 Å². The van der Waals surface area contributed by atoms with Crippen molar-refractivity contribution in [3.8, 4) is 11.5 Å². The number of rotatable bonds is 5. The van der Waals surface area contributed by atoms with Gasteiger partial charge < -0.3 is 14.0 Å². The molecule has 0 N–H and O–H groups in total. The first kappa shape index (κ1) is 20.4. The van der Waals surface area contributed by atoms with E-state index in [1.54, 1.807) is 12.1 Å². The fraction of sp³-hybridized carbons (Fsp3) is 0.478. The molecule has 0 spiro atoms. The van der Waals surface area contributed by atoms with Crippen LogP contribution >= 0.6 is 0 Å². The molecule has 2 saturated heterocycles. The zero-order valence-corrected chi connectivity index (χ0v) is 17.7. The van der Waals surface area contributed by atoms with Gasteiger partial charge in [-0.05, 0) is 101 Å².